The third-order valence-electron chi connectivity index (χ3n) is 10.4. The third-order valence-corrected chi connectivity index (χ3v) is 10.4. The van der Waals surface area contributed by atoms with Crippen LogP contribution in [0, 0.1) is 0 Å². The van der Waals surface area contributed by atoms with E-state index in [0.717, 1.165) is 33.5 Å². The standard InChI is InChI=1S/C37H28B5N5/c38-30-29(31(39)33(41)34(42)32(30)40)35-43-36(46-24-15-4-1-11-20(24)21-12-2-5-16-25(21)46)45-37(44-35)47-26-17-6-3-13-22(26)23-14-7-9-19-10-8-18-27(47)28(19)23/h1-18H,38-42H2. The molecule has 47 heavy (non-hydrogen) atoms. The number of fused-ring (bicyclic) bond motifs is 5. The zero-order chi connectivity index (χ0) is 32.0. The zero-order valence-corrected chi connectivity index (χ0v) is 27.1. The summed E-state index contributed by atoms with van der Waals surface area (Å²) >= 11 is 0. The van der Waals surface area contributed by atoms with Crippen LogP contribution in [0.15, 0.2) is 109 Å². The van der Waals surface area contributed by atoms with Crippen molar-refractivity contribution in [1.82, 2.24) is 19.5 Å². The highest BCUT2D eigenvalue weighted by molar-refractivity contribution is 6.68. The molecule has 0 fully saturated rings. The van der Waals surface area contributed by atoms with Gasteiger partial charge in [-0.15, -0.1) is 16.4 Å². The molecule has 1 aliphatic rings. The average molecular weight is 597 g/mol. The first-order valence-electron chi connectivity index (χ1n) is 16.2. The first-order valence-corrected chi connectivity index (χ1v) is 16.2. The van der Waals surface area contributed by atoms with Crippen LogP contribution in [0.5, 0.6) is 0 Å². The second-order valence-electron chi connectivity index (χ2n) is 12.7. The number of benzene rings is 6. The molecule has 0 spiro atoms. The molecular formula is C37H28B5N5. The molecule has 5 nitrogen and oxygen atoms in total. The van der Waals surface area contributed by atoms with Crippen molar-refractivity contribution in [3.8, 4) is 28.5 Å². The molecule has 0 bridgehead atoms. The SMILES string of the molecule is Bc1c(B)c(B)c(-c2nc(N3c4ccccc4-c4cccc5cccc3c45)nc(-n3c4ccccc4c4ccccc43)n2)c(B)c1B. The summed E-state index contributed by atoms with van der Waals surface area (Å²) < 4.78 is 2.20. The van der Waals surface area contributed by atoms with E-state index in [1.165, 1.54) is 54.4 Å². The number of para-hydroxylation sites is 3. The molecule has 0 saturated heterocycles. The Balaban J connectivity index is 1.42. The lowest BCUT2D eigenvalue weighted by molar-refractivity contribution is 0.934. The molecule has 9 rings (SSSR count). The Bertz CT molecular complexity index is 2530. The number of aromatic nitrogens is 4. The van der Waals surface area contributed by atoms with Gasteiger partial charge >= 0.3 is 0 Å². The Labute approximate surface area is 277 Å². The van der Waals surface area contributed by atoms with Crippen molar-refractivity contribution in [1.29, 1.82) is 0 Å². The molecule has 0 unspecified atom stereocenters. The quantitative estimate of drug-likeness (QED) is 0.280. The summed E-state index contributed by atoms with van der Waals surface area (Å²) in [5.41, 5.74) is 13.9. The summed E-state index contributed by atoms with van der Waals surface area (Å²) in [4.78, 5) is 18.3. The van der Waals surface area contributed by atoms with Gasteiger partial charge in [0.2, 0.25) is 11.9 Å². The summed E-state index contributed by atoms with van der Waals surface area (Å²) in [6, 6.07) is 38.6. The monoisotopic (exact) mass is 597 g/mol. The number of rotatable bonds is 3. The lowest BCUT2D eigenvalue weighted by Gasteiger charge is -2.32. The fraction of sp³-hybridized carbons (Fsp3) is 0. The van der Waals surface area contributed by atoms with Crippen LogP contribution in [0.25, 0.3) is 61.0 Å². The molecule has 216 valence electrons. The summed E-state index contributed by atoms with van der Waals surface area (Å²) in [5, 5.41) is 4.72. The first-order chi connectivity index (χ1) is 22.9. The van der Waals surface area contributed by atoms with Crippen LogP contribution in [-0.2, 0) is 0 Å². The minimum atomic E-state index is 0.594. The van der Waals surface area contributed by atoms with Gasteiger partial charge in [0.1, 0.15) is 39.2 Å². The van der Waals surface area contributed by atoms with Crippen LogP contribution in [0.2, 0.25) is 0 Å². The van der Waals surface area contributed by atoms with Crippen molar-refractivity contribution in [2.75, 3.05) is 4.90 Å². The highest BCUT2D eigenvalue weighted by atomic mass is 15.3. The molecule has 0 amide bonds. The van der Waals surface area contributed by atoms with Gasteiger partial charge in [0.15, 0.2) is 5.82 Å². The Morgan fingerprint density at radius 3 is 1.68 bits per heavy atom. The summed E-state index contributed by atoms with van der Waals surface area (Å²) in [6.45, 7) is 0. The number of anilines is 3. The van der Waals surface area contributed by atoms with Crippen molar-refractivity contribution in [2.45, 2.75) is 0 Å². The van der Waals surface area contributed by atoms with Crippen LogP contribution in [-0.4, -0.2) is 58.8 Å². The van der Waals surface area contributed by atoms with Crippen molar-refractivity contribution in [2.24, 2.45) is 0 Å². The fourth-order valence-corrected chi connectivity index (χ4v) is 7.61. The zero-order valence-electron chi connectivity index (χ0n) is 27.1. The van der Waals surface area contributed by atoms with Crippen LogP contribution < -0.4 is 32.2 Å². The minimum Gasteiger partial charge on any atom is -0.278 e. The van der Waals surface area contributed by atoms with Crippen molar-refractivity contribution < 1.29 is 0 Å². The number of hydrogen-bond donors (Lipinski definition) is 0. The van der Waals surface area contributed by atoms with Crippen LogP contribution in [0.4, 0.5) is 17.3 Å². The van der Waals surface area contributed by atoms with Crippen molar-refractivity contribution in [3.05, 3.63) is 109 Å². The normalized spacial score (nSPS) is 12.2. The first kappa shape index (κ1) is 27.8. The van der Waals surface area contributed by atoms with Gasteiger partial charge in [-0.1, -0.05) is 95.9 Å². The molecular weight excluding hydrogens is 569 g/mol. The van der Waals surface area contributed by atoms with E-state index in [9.17, 15) is 0 Å². The fourth-order valence-electron chi connectivity index (χ4n) is 7.61. The van der Waals surface area contributed by atoms with Crippen LogP contribution in [0.1, 0.15) is 0 Å². The Morgan fingerprint density at radius 2 is 0.979 bits per heavy atom. The van der Waals surface area contributed by atoms with Gasteiger partial charge in [-0.05, 0) is 35.2 Å². The van der Waals surface area contributed by atoms with E-state index in [2.05, 4.69) is 158 Å². The van der Waals surface area contributed by atoms with Gasteiger partial charge in [0, 0.05) is 27.3 Å². The Kier molecular flexibility index (Phi) is 6.07. The molecule has 0 N–H and O–H groups in total. The Morgan fingerprint density at radius 1 is 0.447 bits per heavy atom. The van der Waals surface area contributed by atoms with E-state index in [4.69, 9.17) is 15.0 Å². The maximum atomic E-state index is 5.38. The predicted molar refractivity (Wildman–Crippen MR) is 212 cm³/mol. The summed E-state index contributed by atoms with van der Waals surface area (Å²) in [7, 11) is 11.0. The second-order valence-corrected chi connectivity index (χ2v) is 12.7. The van der Waals surface area contributed by atoms with Gasteiger partial charge in [0.25, 0.3) is 0 Å². The predicted octanol–water partition coefficient (Wildman–Crippen LogP) is 0.531. The molecule has 1 aliphatic heterocycles. The maximum absolute atomic E-state index is 5.38. The lowest BCUT2D eigenvalue weighted by Crippen LogP contribution is -2.55. The smallest absolute Gasteiger partial charge is 0.240 e. The minimum absolute atomic E-state index is 0.594. The topological polar surface area (TPSA) is 46.8 Å². The van der Waals surface area contributed by atoms with Crippen LogP contribution >= 0.6 is 0 Å². The largest absolute Gasteiger partial charge is 0.278 e. The molecule has 6 aromatic carbocycles. The number of hydrogen-bond acceptors (Lipinski definition) is 4. The van der Waals surface area contributed by atoms with Gasteiger partial charge in [-0.2, -0.15) is 15.0 Å². The average Bonchev–Trinajstić information content (AvgIpc) is 3.45. The second kappa shape index (κ2) is 10.3. The molecule has 0 radical (unpaired) electrons. The van der Waals surface area contributed by atoms with Gasteiger partial charge < -0.3 is 0 Å². The molecule has 10 heteroatoms. The molecule has 0 atom stereocenters. The molecule has 8 aromatic rings. The van der Waals surface area contributed by atoms with E-state index in [1.54, 1.807) is 0 Å². The Hall–Kier alpha value is -5.49. The van der Waals surface area contributed by atoms with E-state index in [1.807, 2.05) is 0 Å². The van der Waals surface area contributed by atoms with Gasteiger partial charge in [-0.25, -0.2) is 0 Å². The maximum Gasteiger partial charge on any atom is 0.240 e. The van der Waals surface area contributed by atoms with Crippen molar-refractivity contribution >= 4 is 116 Å². The van der Waals surface area contributed by atoms with E-state index in [-0.39, 0.29) is 0 Å². The highest BCUT2D eigenvalue weighted by Crippen LogP contribution is 2.50. The lowest BCUT2D eigenvalue weighted by atomic mass is 9.60. The molecule has 0 aliphatic carbocycles. The molecule has 3 heterocycles. The summed E-state index contributed by atoms with van der Waals surface area (Å²) in [6.07, 6.45) is 0. The van der Waals surface area contributed by atoms with E-state index in [0.29, 0.717) is 17.7 Å². The molecule has 2 aromatic heterocycles. The summed E-state index contributed by atoms with van der Waals surface area (Å²) in [5.74, 6) is 1.87. The van der Waals surface area contributed by atoms with Gasteiger partial charge in [-0.3, -0.25) is 9.47 Å². The van der Waals surface area contributed by atoms with Gasteiger partial charge in [0.05, 0.1) is 22.4 Å². The number of nitrogens with zero attached hydrogens (tertiary/aromatic N) is 5. The van der Waals surface area contributed by atoms with Crippen LogP contribution in [0.3, 0.4) is 0 Å². The van der Waals surface area contributed by atoms with E-state index >= 15 is 0 Å². The van der Waals surface area contributed by atoms with E-state index < -0.39 is 0 Å². The third kappa shape index (κ3) is 3.94. The molecule has 0 saturated carbocycles. The highest BCUT2D eigenvalue weighted by Gasteiger charge is 2.29. The van der Waals surface area contributed by atoms with Crippen molar-refractivity contribution in [3.63, 3.8) is 0 Å².